The Labute approximate surface area is 112 Å². The molecule has 1 nitrogen and oxygen atoms in total. The van der Waals surface area contributed by atoms with Gasteiger partial charge in [-0.2, -0.15) is 0 Å². The summed E-state index contributed by atoms with van der Waals surface area (Å²) in [6, 6.07) is 8.73. The van der Waals surface area contributed by atoms with Gasteiger partial charge < -0.3 is 5.73 Å². The van der Waals surface area contributed by atoms with Crippen LogP contribution in [0.4, 0.5) is 0 Å². The largest absolute Gasteiger partial charge is 0.325 e. The Kier molecular flexibility index (Phi) is 2.33. The molecular weight excluding hydrogens is 238 g/mol. The molecule has 2 heteroatoms. The fraction of sp³-hybridized carbons (Fsp3) is 0.500. The first-order valence-electron chi connectivity index (χ1n) is 6.99. The van der Waals surface area contributed by atoms with Gasteiger partial charge in [0.15, 0.2) is 0 Å². The Balaban J connectivity index is 1.68. The number of nitrogens with two attached hydrogens (primary N) is 1. The lowest BCUT2D eigenvalue weighted by atomic mass is 9.77. The number of thiophene rings is 1. The number of benzene rings is 1. The average Bonchev–Trinajstić information content (AvgIpc) is 3.04. The molecule has 1 aromatic carbocycles. The molecule has 0 amide bonds. The lowest BCUT2D eigenvalue weighted by molar-refractivity contribution is 0.270. The molecule has 1 aromatic heterocycles. The van der Waals surface area contributed by atoms with Gasteiger partial charge in [-0.1, -0.05) is 24.6 Å². The molecule has 2 bridgehead atoms. The van der Waals surface area contributed by atoms with E-state index in [0.29, 0.717) is 0 Å². The van der Waals surface area contributed by atoms with Crippen molar-refractivity contribution in [2.24, 2.45) is 17.6 Å². The normalized spacial score (nSPS) is 34.5. The molecule has 0 radical (unpaired) electrons. The second-order valence-corrected chi connectivity index (χ2v) is 7.16. The first kappa shape index (κ1) is 11.0. The van der Waals surface area contributed by atoms with Crippen molar-refractivity contribution >= 4 is 21.4 Å². The van der Waals surface area contributed by atoms with E-state index in [4.69, 9.17) is 5.73 Å². The third-order valence-electron chi connectivity index (χ3n) is 5.10. The van der Waals surface area contributed by atoms with Crippen molar-refractivity contribution in [1.82, 2.24) is 0 Å². The molecule has 4 rings (SSSR count). The van der Waals surface area contributed by atoms with Crippen LogP contribution in [0.25, 0.3) is 10.1 Å². The number of rotatable bonds is 2. The Morgan fingerprint density at radius 2 is 2.17 bits per heavy atom. The SMILES string of the molecule is NC1(Cc2csc3ccccc23)CC2CCC1C2. The maximum atomic E-state index is 6.73. The van der Waals surface area contributed by atoms with Gasteiger partial charge in [0.1, 0.15) is 0 Å². The Hall–Kier alpha value is -0.860. The van der Waals surface area contributed by atoms with Gasteiger partial charge in [0.25, 0.3) is 0 Å². The molecule has 94 valence electrons. The molecule has 0 spiro atoms. The highest BCUT2D eigenvalue weighted by Crippen LogP contribution is 2.51. The molecule has 1 heterocycles. The van der Waals surface area contributed by atoms with Crippen LogP contribution in [-0.4, -0.2) is 5.54 Å². The highest BCUT2D eigenvalue weighted by molar-refractivity contribution is 7.17. The minimum atomic E-state index is 0.0900. The summed E-state index contributed by atoms with van der Waals surface area (Å²) >= 11 is 1.86. The van der Waals surface area contributed by atoms with Gasteiger partial charge in [-0.3, -0.25) is 0 Å². The topological polar surface area (TPSA) is 26.0 Å². The van der Waals surface area contributed by atoms with Crippen LogP contribution in [0.5, 0.6) is 0 Å². The monoisotopic (exact) mass is 257 g/mol. The third kappa shape index (κ3) is 1.55. The Morgan fingerprint density at radius 1 is 1.28 bits per heavy atom. The standard InChI is InChI=1S/C16H19NS/c17-16(8-11-5-6-13(16)7-11)9-12-10-18-15-4-2-1-3-14(12)15/h1-4,10-11,13H,5-9,17H2. The van der Waals surface area contributed by atoms with Gasteiger partial charge in [0, 0.05) is 10.2 Å². The molecule has 2 aliphatic rings. The van der Waals surface area contributed by atoms with E-state index in [-0.39, 0.29) is 5.54 Å². The van der Waals surface area contributed by atoms with Gasteiger partial charge in [-0.05, 0) is 59.9 Å². The molecule has 2 aliphatic carbocycles. The number of hydrogen-bond acceptors (Lipinski definition) is 2. The van der Waals surface area contributed by atoms with Gasteiger partial charge in [-0.15, -0.1) is 11.3 Å². The zero-order chi connectivity index (χ0) is 12.2. The van der Waals surface area contributed by atoms with Gasteiger partial charge in [0.05, 0.1) is 0 Å². The fourth-order valence-corrected chi connectivity index (χ4v) is 5.19. The van der Waals surface area contributed by atoms with E-state index in [2.05, 4.69) is 29.6 Å². The summed E-state index contributed by atoms with van der Waals surface area (Å²) in [5, 5.41) is 3.75. The quantitative estimate of drug-likeness (QED) is 0.866. The number of fused-ring (bicyclic) bond motifs is 3. The second kappa shape index (κ2) is 3.82. The van der Waals surface area contributed by atoms with Crippen molar-refractivity contribution in [2.75, 3.05) is 0 Å². The van der Waals surface area contributed by atoms with Crippen molar-refractivity contribution < 1.29 is 0 Å². The zero-order valence-electron chi connectivity index (χ0n) is 10.6. The smallest absolute Gasteiger partial charge is 0.0345 e. The van der Waals surface area contributed by atoms with Gasteiger partial charge >= 0.3 is 0 Å². The van der Waals surface area contributed by atoms with Gasteiger partial charge in [-0.25, -0.2) is 0 Å². The molecular formula is C16H19NS. The van der Waals surface area contributed by atoms with Crippen molar-refractivity contribution in [1.29, 1.82) is 0 Å². The van der Waals surface area contributed by atoms with E-state index < -0.39 is 0 Å². The summed E-state index contributed by atoms with van der Waals surface area (Å²) < 4.78 is 1.40. The maximum Gasteiger partial charge on any atom is 0.0345 e. The third-order valence-corrected chi connectivity index (χ3v) is 6.12. The van der Waals surface area contributed by atoms with E-state index in [1.165, 1.54) is 41.3 Å². The van der Waals surface area contributed by atoms with E-state index in [1.807, 2.05) is 11.3 Å². The molecule has 0 saturated heterocycles. The minimum Gasteiger partial charge on any atom is -0.325 e. The molecule has 2 aromatic rings. The Bertz CT molecular complexity index is 588. The van der Waals surface area contributed by atoms with Crippen LogP contribution in [0.3, 0.4) is 0 Å². The highest BCUT2D eigenvalue weighted by atomic mass is 32.1. The first-order chi connectivity index (χ1) is 8.74. The average molecular weight is 257 g/mol. The molecule has 3 atom stereocenters. The van der Waals surface area contributed by atoms with Crippen LogP contribution in [0, 0.1) is 11.8 Å². The summed E-state index contributed by atoms with van der Waals surface area (Å²) in [6.45, 7) is 0. The van der Waals surface area contributed by atoms with Crippen LogP contribution >= 0.6 is 11.3 Å². The van der Waals surface area contributed by atoms with Crippen LogP contribution in [0.1, 0.15) is 31.2 Å². The summed E-state index contributed by atoms with van der Waals surface area (Å²) in [5.41, 5.74) is 8.30. The fourth-order valence-electron chi connectivity index (χ4n) is 4.23. The summed E-state index contributed by atoms with van der Waals surface area (Å²) in [7, 11) is 0. The summed E-state index contributed by atoms with van der Waals surface area (Å²) in [4.78, 5) is 0. The van der Waals surface area contributed by atoms with Crippen LogP contribution in [-0.2, 0) is 6.42 Å². The van der Waals surface area contributed by atoms with Crippen molar-refractivity contribution in [2.45, 2.75) is 37.6 Å². The van der Waals surface area contributed by atoms with E-state index >= 15 is 0 Å². The summed E-state index contributed by atoms with van der Waals surface area (Å²) in [6.07, 6.45) is 6.51. The zero-order valence-corrected chi connectivity index (χ0v) is 11.4. The minimum absolute atomic E-state index is 0.0900. The lowest BCUT2D eigenvalue weighted by Crippen LogP contribution is -2.46. The molecule has 2 saturated carbocycles. The molecule has 2 fully saturated rings. The van der Waals surface area contributed by atoms with Crippen LogP contribution < -0.4 is 5.73 Å². The second-order valence-electron chi connectivity index (χ2n) is 6.25. The van der Waals surface area contributed by atoms with Crippen molar-refractivity contribution in [3.8, 4) is 0 Å². The van der Waals surface area contributed by atoms with E-state index in [9.17, 15) is 0 Å². The maximum absolute atomic E-state index is 6.73. The molecule has 2 N–H and O–H groups in total. The van der Waals surface area contributed by atoms with Gasteiger partial charge in [0.2, 0.25) is 0 Å². The summed E-state index contributed by atoms with van der Waals surface area (Å²) in [5.74, 6) is 1.70. The molecule has 3 unspecified atom stereocenters. The lowest BCUT2D eigenvalue weighted by Gasteiger charge is -2.34. The van der Waals surface area contributed by atoms with E-state index in [1.54, 1.807) is 0 Å². The van der Waals surface area contributed by atoms with Crippen LogP contribution in [0.15, 0.2) is 29.6 Å². The van der Waals surface area contributed by atoms with Crippen LogP contribution in [0.2, 0.25) is 0 Å². The predicted octanol–water partition coefficient (Wildman–Crippen LogP) is 3.96. The highest BCUT2D eigenvalue weighted by Gasteiger charge is 2.48. The predicted molar refractivity (Wildman–Crippen MR) is 77.9 cm³/mol. The number of hydrogen-bond donors (Lipinski definition) is 1. The van der Waals surface area contributed by atoms with Crippen molar-refractivity contribution in [3.05, 3.63) is 35.2 Å². The molecule has 18 heavy (non-hydrogen) atoms. The Morgan fingerprint density at radius 3 is 2.94 bits per heavy atom. The van der Waals surface area contributed by atoms with Crippen molar-refractivity contribution in [3.63, 3.8) is 0 Å². The first-order valence-corrected chi connectivity index (χ1v) is 7.86. The van der Waals surface area contributed by atoms with E-state index in [0.717, 1.165) is 18.3 Å². The molecule has 0 aliphatic heterocycles.